The van der Waals surface area contributed by atoms with Gasteiger partial charge in [0.05, 0.1) is 7.11 Å². The Hall–Kier alpha value is -0.980. The number of hydrogen-bond donors (Lipinski definition) is 0. The normalized spacial score (nSPS) is 10.9. The maximum atomic E-state index is 4.84. The van der Waals surface area contributed by atoms with E-state index in [1.165, 1.54) is 31.3 Å². The van der Waals surface area contributed by atoms with E-state index in [2.05, 4.69) is 20.4 Å². The molecular weight excluding hydrogens is 196 g/mol. The van der Waals surface area contributed by atoms with E-state index >= 15 is 0 Å². The van der Waals surface area contributed by atoms with Gasteiger partial charge in [-0.1, -0.05) is 63.8 Å². The van der Waals surface area contributed by atoms with Crippen LogP contribution in [-0.4, -0.2) is 7.11 Å². The fraction of sp³-hybridized carbons (Fsp3) is 0.600. The van der Waals surface area contributed by atoms with Crippen LogP contribution in [0.1, 0.15) is 53.4 Å². The zero-order valence-corrected chi connectivity index (χ0v) is 11.7. The SMILES string of the molecule is C=C(/C=C\C(C)=C/C)OC.CCCCCC. The van der Waals surface area contributed by atoms with Gasteiger partial charge in [-0.05, 0) is 19.9 Å². The van der Waals surface area contributed by atoms with Gasteiger partial charge in [-0.15, -0.1) is 0 Å². The minimum atomic E-state index is 0.682. The monoisotopic (exact) mass is 224 g/mol. The van der Waals surface area contributed by atoms with E-state index in [1.807, 2.05) is 32.1 Å². The molecule has 1 heteroatoms. The number of allylic oxidation sites excluding steroid dienone is 4. The van der Waals surface area contributed by atoms with Crippen LogP contribution in [0.5, 0.6) is 0 Å². The fourth-order valence-corrected chi connectivity index (χ4v) is 0.889. The van der Waals surface area contributed by atoms with Gasteiger partial charge in [-0.25, -0.2) is 0 Å². The topological polar surface area (TPSA) is 9.23 Å². The van der Waals surface area contributed by atoms with Gasteiger partial charge >= 0.3 is 0 Å². The Morgan fingerprint density at radius 2 is 1.62 bits per heavy atom. The summed E-state index contributed by atoms with van der Waals surface area (Å²) in [6, 6.07) is 0. The van der Waals surface area contributed by atoms with Gasteiger partial charge in [-0.2, -0.15) is 0 Å². The Bertz CT molecular complexity index is 207. The highest BCUT2D eigenvalue weighted by atomic mass is 16.5. The lowest BCUT2D eigenvalue weighted by Gasteiger charge is -1.94. The predicted molar refractivity (Wildman–Crippen MR) is 74.5 cm³/mol. The standard InChI is InChI=1S/C9H14O.C6H14/c1-5-8(2)6-7-9(3)10-4;1-3-5-6-4-2/h5-7H,3H2,1-2,4H3;3-6H2,1-2H3/b7-6-,8-5-;. The molecule has 0 saturated carbocycles. The molecule has 0 bridgehead atoms. The molecule has 0 saturated heterocycles. The summed E-state index contributed by atoms with van der Waals surface area (Å²) in [5, 5.41) is 0. The molecule has 1 nitrogen and oxygen atoms in total. The first-order valence-corrected chi connectivity index (χ1v) is 6.16. The van der Waals surface area contributed by atoms with Crippen LogP contribution in [0.4, 0.5) is 0 Å². The average molecular weight is 224 g/mol. The summed E-state index contributed by atoms with van der Waals surface area (Å²) in [5.74, 6) is 0.682. The maximum absolute atomic E-state index is 4.84. The zero-order chi connectivity index (χ0) is 12.8. The molecule has 0 aliphatic carbocycles. The van der Waals surface area contributed by atoms with E-state index in [0.29, 0.717) is 5.76 Å². The van der Waals surface area contributed by atoms with Crippen LogP contribution < -0.4 is 0 Å². The summed E-state index contributed by atoms with van der Waals surface area (Å²) in [5.41, 5.74) is 1.21. The van der Waals surface area contributed by atoms with Gasteiger partial charge in [0.15, 0.2) is 0 Å². The van der Waals surface area contributed by atoms with Crippen molar-refractivity contribution in [3.05, 3.63) is 36.1 Å². The third-order valence-electron chi connectivity index (χ3n) is 2.21. The maximum Gasteiger partial charge on any atom is 0.111 e. The van der Waals surface area contributed by atoms with Crippen molar-refractivity contribution in [1.82, 2.24) is 0 Å². The highest BCUT2D eigenvalue weighted by molar-refractivity contribution is 5.21. The molecule has 0 aliphatic heterocycles. The van der Waals surface area contributed by atoms with Crippen LogP contribution in [0.25, 0.3) is 0 Å². The largest absolute Gasteiger partial charge is 0.497 e. The molecule has 0 aromatic carbocycles. The molecule has 0 fully saturated rings. The minimum Gasteiger partial charge on any atom is -0.497 e. The molecule has 0 aromatic heterocycles. The zero-order valence-electron chi connectivity index (χ0n) is 11.7. The van der Waals surface area contributed by atoms with Gasteiger partial charge in [0.25, 0.3) is 0 Å². The predicted octanol–water partition coefficient (Wildman–Crippen LogP) is 5.26. The number of unbranched alkanes of at least 4 members (excludes halogenated alkanes) is 3. The Kier molecular flexibility index (Phi) is 15.3. The molecule has 0 N–H and O–H groups in total. The quantitative estimate of drug-likeness (QED) is 0.340. The number of ether oxygens (including phenoxy) is 1. The lowest BCUT2D eigenvalue weighted by atomic mass is 10.2. The summed E-state index contributed by atoms with van der Waals surface area (Å²) >= 11 is 0. The van der Waals surface area contributed by atoms with Crippen molar-refractivity contribution in [3.8, 4) is 0 Å². The molecule has 0 aromatic rings. The molecule has 0 amide bonds. The van der Waals surface area contributed by atoms with Crippen molar-refractivity contribution in [1.29, 1.82) is 0 Å². The van der Waals surface area contributed by atoms with Crippen molar-refractivity contribution in [3.63, 3.8) is 0 Å². The lowest BCUT2D eigenvalue weighted by Crippen LogP contribution is -1.76. The first kappa shape index (κ1) is 17.4. The van der Waals surface area contributed by atoms with Crippen molar-refractivity contribution in [2.24, 2.45) is 0 Å². The summed E-state index contributed by atoms with van der Waals surface area (Å²) in [4.78, 5) is 0. The highest BCUT2D eigenvalue weighted by Crippen LogP contribution is 1.98. The van der Waals surface area contributed by atoms with E-state index in [4.69, 9.17) is 4.74 Å². The van der Waals surface area contributed by atoms with Crippen LogP contribution in [0.15, 0.2) is 36.1 Å². The molecule has 0 atom stereocenters. The van der Waals surface area contributed by atoms with Crippen LogP contribution in [-0.2, 0) is 4.74 Å². The third-order valence-corrected chi connectivity index (χ3v) is 2.21. The summed E-state index contributed by atoms with van der Waals surface area (Å²) in [6.45, 7) is 12.1. The minimum absolute atomic E-state index is 0.682. The second-order valence-electron chi connectivity index (χ2n) is 3.74. The van der Waals surface area contributed by atoms with Crippen molar-refractivity contribution in [2.75, 3.05) is 7.11 Å². The second kappa shape index (κ2) is 14.0. The summed E-state index contributed by atoms with van der Waals surface area (Å²) < 4.78 is 4.84. The van der Waals surface area contributed by atoms with Crippen LogP contribution in [0.3, 0.4) is 0 Å². The Balaban J connectivity index is 0. The molecule has 16 heavy (non-hydrogen) atoms. The van der Waals surface area contributed by atoms with Gasteiger partial charge in [-0.3, -0.25) is 0 Å². The molecular formula is C15H28O. The molecule has 0 aliphatic rings. The van der Waals surface area contributed by atoms with E-state index < -0.39 is 0 Å². The van der Waals surface area contributed by atoms with E-state index in [0.717, 1.165) is 0 Å². The number of rotatable bonds is 6. The van der Waals surface area contributed by atoms with E-state index in [-0.39, 0.29) is 0 Å². The average Bonchev–Trinajstić information content (AvgIpc) is 2.33. The van der Waals surface area contributed by atoms with Crippen LogP contribution in [0.2, 0.25) is 0 Å². The molecule has 0 spiro atoms. The van der Waals surface area contributed by atoms with Crippen LogP contribution in [0, 0.1) is 0 Å². The van der Waals surface area contributed by atoms with Gasteiger partial charge < -0.3 is 4.74 Å². The first-order valence-electron chi connectivity index (χ1n) is 6.16. The van der Waals surface area contributed by atoms with Crippen molar-refractivity contribution >= 4 is 0 Å². The Morgan fingerprint density at radius 1 is 1.12 bits per heavy atom. The van der Waals surface area contributed by atoms with Gasteiger partial charge in [0, 0.05) is 0 Å². The lowest BCUT2D eigenvalue weighted by molar-refractivity contribution is 0.309. The number of methoxy groups -OCH3 is 1. The molecule has 0 unspecified atom stereocenters. The van der Waals surface area contributed by atoms with Crippen molar-refractivity contribution < 1.29 is 4.74 Å². The second-order valence-corrected chi connectivity index (χ2v) is 3.74. The first-order chi connectivity index (χ1) is 7.62. The highest BCUT2D eigenvalue weighted by Gasteiger charge is 1.81. The Morgan fingerprint density at radius 3 is 1.94 bits per heavy atom. The van der Waals surface area contributed by atoms with E-state index in [9.17, 15) is 0 Å². The third kappa shape index (κ3) is 15.5. The number of hydrogen-bond acceptors (Lipinski definition) is 1. The smallest absolute Gasteiger partial charge is 0.111 e. The summed E-state index contributed by atoms with van der Waals surface area (Å²) in [6.07, 6.45) is 11.4. The summed E-state index contributed by atoms with van der Waals surface area (Å²) in [7, 11) is 1.61. The van der Waals surface area contributed by atoms with Crippen molar-refractivity contribution in [2.45, 2.75) is 53.4 Å². The Labute approximate surface area is 102 Å². The molecule has 0 radical (unpaired) electrons. The van der Waals surface area contributed by atoms with Gasteiger partial charge in [0.1, 0.15) is 5.76 Å². The van der Waals surface area contributed by atoms with Gasteiger partial charge in [0.2, 0.25) is 0 Å². The molecule has 0 heterocycles. The molecule has 0 rings (SSSR count). The van der Waals surface area contributed by atoms with E-state index in [1.54, 1.807) is 7.11 Å². The molecule has 94 valence electrons. The fourth-order valence-electron chi connectivity index (χ4n) is 0.889. The van der Waals surface area contributed by atoms with Crippen LogP contribution >= 0.6 is 0 Å².